The van der Waals surface area contributed by atoms with E-state index in [1.165, 1.54) is 12.7 Å². The lowest BCUT2D eigenvalue weighted by Crippen LogP contribution is -2.35. The van der Waals surface area contributed by atoms with Crippen LogP contribution in [0.25, 0.3) is 10.9 Å². The molecule has 1 fully saturated rings. The summed E-state index contributed by atoms with van der Waals surface area (Å²) in [6.45, 7) is 2.75. The SMILES string of the molecule is O=C(CCC(=NNc1ncnc2ccccc12)c1ccc2c(c1)OCCO2)N1CCCCC1. The molecule has 0 aliphatic carbocycles. The lowest BCUT2D eigenvalue weighted by Gasteiger charge is -2.26. The molecule has 5 rings (SSSR count). The first-order valence-electron chi connectivity index (χ1n) is 11.5. The fourth-order valence-electron chi connectivity index (χ4n) is 4.23. The minimum absolute atomic E-state index is 0.174. The summed E-state index contributed by atoms with van der Waals surface area (Å²) in [4.78, 5) is 23.4. The average molecular weight is 446 g/mol. The lowest BCUT2D eigenvalue weighted by atomic mass is 10.0. The smallest absolute Gasteiger partial charge is 0.222 e. The van der Waals surface area contributed by atoms with Gasteiger partial charge < -0.3 is 14.4 Å². The van der Waals surface area contributed by atoms with Crippen LogP contribution in [0.1, 0.15) is 37.7 Å². The van der Waals surface area contributed by atoms with Crippen LogP contribution in [-0.4, -0.2) is 52.8 Å². The third-order valence-corrected chi connectivity index (χ3v) is 6.00. The fourth-order valence-corrected chi connectivity index (χ4v) is 4.23. The van der Waals surface area contributed by atoms with Crippen molar-refractivity contribution in [3.05, 3.63) is 54.4 Å². The van der Waals surface area contributed by atoms with Crippen LogP contribution in [-0.2, 0) is 4.79 Å². The maximum atomic E-state index is 12.8. The van der Waals surface area contributed by atoms with Gasteiger partial charge in [-0.15, -0.1) is 0 Å². The Morgan fingerprint density at radius 2 is 1.79 bits per heavy atom. The minimum atomic E-state index is 0.174. The number of benzene rings is 2. The molecule has 3 aromatic rings. The van der Waals surface area contributed by atoms with Crippen LogP contribution in [0.5, 0.6) is 11.5 Å². The largest absolute Gasteiger partial charge is 0.486 e. The van der Waals surface area contributed by atoms with Crippen LogP contribution in [0.2, 0.25) is 0 Å². The molecule has 8 nitrogen and oxygen atoms in total. The van der Waals surface area contributed by atoms with Gasteiger partial charge in [0.05, 0.1) is 11.2 Å². The molecule has 0 atom stereocenters. The van der Waals surface area contributed by atoms with Crippen molar-refractivity contribution < 1.29 is 14.3 Å². The van der Waals surface area contributed by atoms with Crippen molar-refractivity contribution in [2.24, 2.45) is 5.10 Å². The third kappa shape index (κ3) is 4.89. The summed E-state index contributed by atoms with van der Waals surface area (Å²) in [6.07, 6.45) is 5.78. The molecule has 0 bridgehead atoms. The normalized spacial score (nSPS) is 16.0. The van der Waals surface area contributed by atoms with Gasteiger partial charge in [-0.3, -0.25) is 10.2 Å². The van der Waals surface area contributed by atoms with Crippen LogP contribution < -0.4 is 14.9 Å². The summed E-state index contributed by atoms with van der Waals surface area (Å²) < 4.78 is 11.4. The predicted molar refractivity (Wildman–Crippen MR) is 127 cm³/mol. The number of nitrogens with zero attached hydrogens (tertiary/aromatic N) is 4. The molecular formula is C25H27N5O3. The number of hydrazone groups is 1. The molecule has 2 aromatic carbocycles. The van der Waals surface area contributed by atoms with Gasteiger partial charge in [-0.05, 0) is 49.6 Å². The summed E-state index contributed by atoms with van der Waals surface area (Å²) in [6, 6.07) is 13.6. The van der Waals surface area contributed by atoms with Crippen LogP contribution >= 0.6 is 0 Å². The molecule has 2 aliphatic heterocycles. The van der Waals surface area contributed by atoms with E-state index in [2.05, 4.69) is 20.5 Å². The van der Waals surface area contributed by atoms with Crippen LogP contribution in [0.4, 0.5) is 5.82 Å². The number of ether oxygens (including phenoxy) is 2. The van der Waals surface area contributed by atoms with Crippen molar-refractivity contribution in [1.82, 2.24) is 14.9 Å². The fraction of sp³-hybridized carbons (Fsp3) is 0.360. The number of likely N-dealkylation sites (tertiary alicyclic amines) is 1. The maximum Gasteiger partial charge on any atom is 0.222 e. The number of aromatic nitrogens is 2. The highest BCUT2D eigenvalue weighted by Crippen LogP contribution is 2.31. The molecule has 1 N–H and O–H groups in total. The second-order valence-corrected chi connectivity index (χ2v) is 8.21. The van der Waals surface area contributed by atoms with Gasteiger partial charge in [0.15, 0.2) is 17.3 Å². The Balaban J connectivity index is 1.41. The molecule has 8 heteroatoms. The topological polar surface area (TPSA) is 88.9 Å². The Labute approximate surface area is 192 Å². The van der Waals surface area contributed by atoms with Crippen molar-refractivity contribution in [3.63, 3.8) is 0 Å². The van der Waals surface area contributed by atoms with E-state index in [-0.39, 0.29) is 5.91 Å². The van der Waals surface area contributed by atoms with Crippen molar-refractivity contribution in [1.29, 1.82) is 0 Å². The second-order valence-electron chi connectivity index (χ2n) is 8.21. The number of carbonyl (C=O) groups is 1. The summed E-state index contributed by atoms with van der Waals surface area (Å²) in [5, 5.41) is 5.57. The number of anilines is 1. The zero-order valence-electron chi connectivity index (χ0n) is 18.5. The summed E-state index contributed by atoms with van der Waals surface area (Å²) >= 11 is 0. The van der Waals surface area contributed by atoms with E-state index in [9.17, 15) is 4.79 Å². The molecule has 170 valence electrons. The Hall–Kier alpha value is -3.68. The first kappa shape index (κ1) is 21.2. The molecular weight excluding hydrogens is 418 g/mol. The number of amides is 1. The molecule has 2 aliphatic rings. The van der Waals surface area contributed by atoms with E-state index in [0.29, 0.717) is 37.6 Å². The van der Waals surface area contributed by atoms with Gasteiger partial charge in [-0.1, -0.05) is 12.1 Å². The quantitative estimate of drug-likeness (QED) is 0.456. The van der Waals surface area contributed by atoms with Gasteiger partial charge >= 0.3 is 0 Å². The van der Waals surface area contributed by atoms with Gasteiger partial charge in [-0.25, -0.2) is 9.97 Å². The van der Waals surface area contributed by atoms with Gasteiger partial charge in [0, 0.05) is 36.9 Å². The van der Waals surface area contributed by atoms with Crippen molar-refractivity contribution in [3.8, 4) is 11.5 Å². The molecule has 1 saturated heterocycles. The van der Waals surface area contributed by atoms with Crippen molar-refractivity contribution in [2.75, 3.05) is 31.7 Å². The molecule has 0 unspecified atom stereocenters. The summed E-state index contributed by atoms with van der Waals surface area (Å²) in [5.74, 6) is 2.22. The Bertz CT molecular complexity index is 1170. The number of fused-ring (bicyclic) bond motifs is 2. The van der Waals surface area contributed by atoms with Crippen molar-refractivity contribution >= 4 is 28.3 Å². The molecule has 0 spiro atoms. The number of hydrogen-bond donors (Lipinski definition) is 1. The predicted octanol–water partition coefficient (Wildman–Crippen LogP) is 4.01. The highest BCUT2D eigenvalue weighted by molar-refractivity contribution is 6.03. The zero-order chi connectivity index (χ0) is 22.5. The second kappa shape index (κ2) is 9.85. The van der Waals surface area contributed by atoms with E-state index >= 15 is 0 Å². The van der Waals surface area contributed by atoms with Gasteiger partial charge in [0.2, 0.25) is 5.91 Å². The lowest BCUT2D eigenvalue weighted by molar-refractivity contribution is -0.131. The zero-order valence-corrected chi connectivity index (χ0v) is 18.5. The minimum Gasteiger partial charge on any atom is -0.486 e. The van der Waals surface area contributed by atoms with E-state index in [1.807, 2.05) is 47.4 Å². The van der Waals surface area contributed by atoms with Crippen LogP contribution in [0, 0.1) is 0 Å². The van der Waals surface area contributed by atoms with E-state index in [0.717, 1.165) is 53.9 Å². The molecule has 33 heavy (non-hydrogen) atoms. The Morgan fingerprint density at radius 3 is 2.67 bits per heavy atom. The third-order valence-electron chi connectivity index (χ3n) is 6.00. The number of para-hydroxylation sites is 1. The number of hydrogen-bond acceptors (Lipinski definition) is 7. The standard InChI is InChI=1S/C25H27N5O3/c31-24(30-12-4-1-5-13-30)11-9-20(18-8-10-22-23(16-18)33-15-14-32-22)28-29-25-19-6-2-3-7-21(19)26-17-27-25/h2-3,6-8,10,16-17H,1,4-5,9,11-15H2,(H,26,27,29). The number of carbonyl (C=O) groups excluding carboxylic acids is 1. The monoisotopic (exact) mass is 445 g/mol. The van der Waals surface area contributed by atoms with Gasteiger partial charge in [0.1, 0.15) is 19.5 Å². The Kier molecular flexibility index (Phi) is 6.32. The number of piperidine rings is 1. The van der Waals surface area contributed by atoms with E-state index < -0.39 is 0 Å². The highest BCUT2D eigenvalue weighted by Gasteiger charge is 2.19. The molecule has 1 aromatic heterocycles. The highest BCUT2D eigenvalue weighted by atomic mass is 16.6. The maximum absolute atomic E-state index is 12.8. The summed E-state index contributed by atoms with van der Waals surface area (Å²) in [5.41, 5.74) is 5.60. The van der Waals surface area contributed by atoms with Gasteiger partial charge in [0.25, 0.3) is 0 Å². The first-order valence-corrected chi connectivity index (χ1v) is 11.5. The van der Waals surface area contributed by atoms with Crippen LogP contribution in [0.3, 0.4) is 0 Å². The Morgan fingerprint density at radius 1 is 0.970 bits per heavy atom. The molecule has 0 saturated carbocycles. The van der Waals surface area contributed by atoms with Crippen molar-refractivity contribution in [2.45, 2.75) is 32.1 Å². The summed E-state index contributed by atoms with van der Waals surface area (Å²) in [7, 11) is 0. The average Bonchev–Trinajstić information content (AvgIpc) is 2.89. The number of nitrogens with one attached hydrogen (secondary N) is 1. The van der Waals surface area contributed by atoms with E-state index in [1.54, 1.807) is 0 Å². The van der Waals surface area contributed by atoms with E-state index in [4.69, 9.17) is 9.47 Å². The van der Waals surface area contributed by atoms with Gasteiger partial charge in [-0.2, -0.15) is 5.10 Å². The molecule has 3 heterocycles. The first-order chi connectivity index (χ1) is 16.3. The number of rotatable bonds is 6. The molecule has 0 radical (unpaired) electrons. The van der Waals surface area contributed by atoms with Crippen LogP contribution in [0.15, 0.2) is 53.9 Å². The molecule has 1 amide bonds.